The van der Waals surface area contributed by atoms with Gasteiger partial charge < -0.3 is 20.4 Å². The smallest absolute Gasteiger partial charge is 0.336 e. The van der Waals surface area contributed by atoms with Crippen LogP contribution in [-0.2, 0) is 14.4 Å². The number of carboxylic acids is 3. The van der Waals surface area contributed by atoms with E-state index >= 15 is 0 Å². The normalized spacial score (nSPS) is 10.7. The highest BCUT2D eigenvalue weighted by Crippen LogP contribution is 2.15. The zero-order valence-electron chi connectivity index (χ0n) is 14.4. The first-order valence-electron chi connectivity index (χ1n) is 7.90. The van der Waals surface area contributed by atoms with E-state index < -0.39 is 36.4 Å². The van der Waals surface area contributed by atoms with Crippen LogP contribution in [0.2, 0.25) is 0 Å². The van der Waals surface area contributed by atoms with Gasteiger partial charge >= 0.3 is 17.9 Å². The minimum Gasteiger partial charge on any atom is -0.481 e. The van der Waals surface area contributed by atoms with Gasteiger partial charge in [0.1, 0.15) is 0 Å². The fourth-order valence-electron chi connectivity index (χ4n) is 2.03. The Morgan fingerprint density at radius 2 is 1.04 bits per heavy atom. The summed E-state index contributed by atoms with van der Waals surface area (Å²) in [5.41, 5.74) is -0.273. The topological polar surface area (TPSA) is 132 Å². The van der Waals surface area contributed by atoms with Crippen LogP contribution in [0, 0.1) is 0 Å². The van der Waals surface area contributed by atoms with Crippen molar-refractivity contribution in [1.29, 1.82) is 0 Å². The van der Waals surface area contributed by atoms with Gasteiger partial charge in [0.2, 0.25) is 0 Å². The molecule has 2 rings (SSSR count). The van der Waals surface area contributed by atoms with Crippen molar-refractivity contribution < 1.29 is 34.8 Å². The lowest BCUT2D eigenvalue weighted by Crippen LogP contribution is -2.42. The fourth-order valence-corrected chi connectivity index (χ4v) is 2.03. The van der Waals surface area contributed by atoms with E-state index in [0.29, 0.717) is 0 Å². The van der Waals surface area contributed by atoms with Crippen molar-refractivity contribution in [2.75, 3.05) is 0 Å². The maximum absolute atomic E-state index is 10.3. The number of carbonyl (C=O) groups is 3. The first-order valence-corrected chi connectivity index (χ1v) is 7.90. The summed E-state index contributed by atoms with van der Waals surface area (Å²) in [6, 6.07) is 20.6. The van der Waals surface area contributed by atoms with E-state index in [1.54, 1.807) is 0 Å². The van der Waals surface area contributed by atoms with E-state index in [9.17, 15) is 14.4 Å². The van der Waals surface area contributed by atoms with Crippen molar-refractivity contribution in [2.24, 2.45) is 0 Å². The maximum Gasteiger partial charge on any atom is 0.336 e. The summed E-state index contributed by atoms with van der Waals surface area (Å²) < 4.78 is 0. The highest BCUT2D eigenvalue weighted by molar-refractivity contribution is 5.88. The molecule has 0 saturated carbocycles. The van der Waals surface area contributed by atoms with Crippen molar-refractivity contribution in [2.45, 2.75) is 18.4 Å². The Bertz CT molecular complexity index is 725. The summed E-state index contributed by atoms with van der Waals surface area (Å²) in [4.78, 5) is 30.5. The van der Waals surface area contributed by atoms with E-state index in [1.165, 1.54) is 11.1 Å². The van der Waals surface area contributed by atoms with E-state index in [2.05, 4.69) is 36.4 Å². The van der Waals surface area contributed by atoms with Gasteiger partial charge in [-0.25, -0.2) is 4.79 Å². The second-order valence-corrected chi connectivity index (χ2v) is 5.63. The highest BCUT2D eigenvalue weighted by atomic mass is 16.4. The SMILES string of the molecule is C(=Cc1ccccc1)c1ccccc1.O=C(O)CC(O)(CC(=O)O)C(=O)O. The standard InChI is InChI=1S/C14H12.C6H8O7/c1-3-7-13(8-4-1)11-12-14-9-5-2-6-10-14;7-3(8)1-6(13,5(11)12)2-4(9)10/h1-12H;13H,1-2H2,(H,7,8)(H,9,10)(H,11,12). The Morgan fingerprint density at radius 3 is 1.30 bits per heavy atom. The van der Waals surface area contributed by atoms with E-state index in [0.717, 1.165) is 0 Å². The van der Waals surface area contributed by atoms with Crippen molar-refractivity contribution >= 4 is 30.1 Å². The zero-order valence-corrected chi connectivity index (χ0v) is 14.4. The maximum atomic E-state index is 10.3. The number of benzene rings is 2. The van der Waals surface area contributed by atoms with Gasteiger partial charge in [-0.1, -0.05) is 72.8 Å². The molecular formula is C20H20O7. The van der Waals surface area contributed by atoms with Crippen molar-refractivity contribution in [3.05, 3.63) is 71.8 Å². The Kier molecular flexibility index (Phi) is 8.41. The van der Waals surface area contributed by atoms with Crippen LogP contribution in [0.4, 0.5) is 0 Å². The summed E-state index contributed by atoms with van der Waals surface area (Å²) in [7, 11) is 0. The molecule has 0 saturated heterocycles. The summed E-state index contributed by atoms with van der Waals surface area (Å²) in [5.74, 6) is -5.02. The monoisotopic (exact) mass is 372 g/mol. The molecule has 4 N–H and O–H groups in total. The predicted molar refractivity (Wildman–Crippen MR) is 98.9 cm³/mol. The van der Waals surface area contributed by atoms with Crippen LogP contribution < -0.4 is 0 Å². The van der Waals surface area contributed by atoms with Crippen LogP contribution in [0.5, 0.6) is 0 Å². The predicted octanol–water partition coefficient (Wildman–Crippen LogP) is 2.61. The zero-order chi connectivity index (χ0) is 20.3. The number of aliphatic hydroxyl groups is 1. The minimum absolute atomic E-state index is 1.14. The number of hydrogen-bond donors (Lipinski definition) is 4. The Balaban J connectivity index is 0.000000271. The van der Waals surface area contributed by atoms with Gasteiger partial charge in [-0.3, -0.25) is 9.59 Å². The molecule has 2 aromatic rings. The average molecular weight is 372 g/mol. The molecule has 2 aromatic carbocycles. The average Bonchev–Trinajstić information content (AvgIpc) is 2.61. The molecular weight excluding hydrogens is 352 g/mol. The Labute approximate surface area is 155 Å². The van der Waals surface area contributed by atoms with Gasteiger partial charge in [0.25, 0.3) is 0 Å². The molecule has 7 nitrogen and oxygen atoms in total. The first-order chi connectivity index (χ1) is 12.7. The summed E-state index contributed by atoms with van der Waals surface area (Å²) >= 11 is 0. The van der Waals surface area contributed by atoms with Crippen molar-refractivity contribution in [1.82, 2.24) is 0 Å². The van der Waals surface area contributed by atoms with E-state index in [1.807, 2.05) is 36.4 Å². The third-order valence-electron chi connectivity index (χ3n) is 3.35. The van der Waals surface area contributed by atoms with Gasteiger partial charge in [-0.2, -0.15) is 0 Å². The lowest BCUT2D eigenvalue weighted by Gasteiger charge is -2.18. The fraction of sp³-hybridized carbons (Fsp3) is 0.150. The largest absolute Gasteiger partial charge is 0.481 e. The molecule has 0 spiro atoms. The van der Waals surface area contributed by atoms with Crippen LogP contribution in [-0.4, -0.2) is 43.9 Å². The van der Waals surface area contributed by atoms with E-state index in [4.69, 9.17) is 20.4 Å². The summed E-state index contributed by atoms with van der Waals surface area (Å²) in [6.07, 6.45) is 1.95. The van der Waals surface area contributed by atoms with E-state index in [-0.39, 0.29) is 0 Å². The molecule has 0 aliphatic rings. The van der Waals surface area contributed by atoms with Crippen LogP contribution in [0.1, 0.15) is 24.0 Å². The van der Waals surface area contributed by atoms with Crippen LogP contribution in [0.3, 0.4) is 0 Å². The summed E-state index contributed by atoms with van der Waals surface area (Å²) in [5, 5.41) is 33.8. The second-order valence-electron chi connectivity index (χ2n) is 5.63. The summed E-state index contributed by atoms with van der Waals surface area (Å²) in [6.45, 7) is 0. The van der Waals surface area contributed by atoms with Gasteiger partial charge in [-0.05, 0) is 11.1 Å². The first kappa shape index (κ1) is 21.6. The Hall–Kier alpha value is -3.45. The van der Waals surface area contributed by atoms with Crippen molar-refractivity contribution in [3.63, 3.8) is 0 Å². The Morgan fingerprint density at radius 1 is 0.704 bits per heavy atom. The molecule has 27 heavy (non-hydrogen) atoms. The lowest BCUT2D eigenvalue weighted by atomic mass is 9.96. The molecule has 0 radical (unpaired) electrons. The highest BCUT2D eigenvalue weighted by Gasteiger charge is 2.40. The number of carboxylic acid groups (broad SMARTS) is 3. The molecule has 7 heteroatoms. The van der Waals surface area contributed by atoms with Crippen LogP contribution >= 0.6 is 0 Å². The molecule has 0 heterocycles. The molecule has 0 aliphatic carbocycles. The lowest BCUT2D eigenvalue weighted by molar-refractivity contribution is -0.170. The molecule has 0 fully saturated rings. The quantitative estimate of drug-likeness (QED) is 0.549. The van der Waals surface area contributed by atoms with Gasteiger partial charge in [0, 0.05) is 0 Å². The minimum atomic E-state index is -2.74. The molecule has 0 atom stereocenters. The van der Waals surface area contributed by atoms with Crippen molar-refractivity contribution in [3.8, 4) is 0 Å². The van der Waals surface area contributed by atoms with Gasteiger partial charge in [0.15, 0.2) is 5.60 Å². The third kappa shape index (κ3) is 8.46. The number of hydrogen-bond acceptors (Lipinski definition) is 4. The number of rotatable bonds is 7. The molecule has 142 valence electrons. The number of aliphatic carboxylic acids is 3. The molecule has 0 unspecified atom stereocenters. The third-order valence-corrected chi connectivity index (χ3v) is 3.35. The second kappa shape index (κ2) is 10.5. The van der Waals surface area contributed by atoms with Crippen LogP contribution in [0.15, 0.2) is 60.7 Å². The molecule has 0 amide bonds. The van der Waals surface area contributed by atoms with Crippen LogP contribution in [0.25, 0.3) is 12.2 Å². The van der Waals surface area contributed by atoms with Gasteiger partial charge in [0.05, 0.1) is 12.8 Å². The molecule has 0 aromatic heterocycles. The van der Waals surface area contributed by atoms with Gasteiger partial charge in [-0.15, -0.1) is 0 Å². The molecule has 0 aliphatic heterocycles. The molecule has 0 bridgehead atoms.